The molecule has 1 aromatic carbocycles. The van der Waals surface area contributed by atoms with Gasteiger partial charge in [0.1, 0.15) is 0 Å². The standard InChI is InChI=1S/C15H15FN2O4/c1-17-5-6-18(13(16)8-17)10-4-2-3-9-11(19)7-12(15(20)21)22-14(9)10/h2-4,7,13H,5-6,8H2,1H3,(H,20,21). The molecule has 0 spiro atoms. The van der Waals surface area contributed by atoms with Gasteiger partial charge in [-0.25, -0.2) is 9.18 Å². The van der Waals surface area contributed by atoms with E-state index in [0.717, 1.165) is 6.07 Å². The minimum Gasteiger partial charge on any atom is -0.475 e. The zero-order valence-corrected chi connectivity index (χ0v) is 12.0. The maximum absolute atomic E-state index is 14.3. The summed E-state index contributed by atoms with van der Waals surface area (Å²) < 4.78 is 19.7. The van der Waals surface area contributed by atoms with E-state index in [-0.39, 0.29) is 17.5 Å². The number of nitrogens with zero attached hydrogens (tertiary/aromatic N) is 2. The molecule has 1 saturated heterocycles. The van der Waals surface area contributed by atoms with Crippen LogP contribution in [0.5, 0.6) is 0 Å². The van der Waals surface area contributed by atoms with E-state index in [9.17, 15) is 14.0 Å². The van der Waals surface area contributed by atoms with Gasteiger partial charge in [0.2, 0.25) is 5.76 Å². The van der Waals surface area contributed by atoms with E-state index in [2.05, 4.69) is 0 Å². The number of anilines is 1. The first-order valence-corrected chi connectivity index (χ1v) is 6.87. The van der Waals surface area contributed by atoms with Crippen molar-refractivity contribution in [2.45, 2.75) is 6.30 Å². The Kier molecular flexibility index (Phi) is 3.58. The van der Waals surface area contributed by atoms with Crippen LogP contribution in [0.3, 0.4) is 0 Å². The van der Waals surface area contributed by atoms with Crippen LogP contribution in [-0.4, -0.2) is 49.0 Å². The van der Waals surface area contributed by atoms with Crippen LogP contribution in [0.4, 0.5) is 10.1 Å². The molecule has 22 heavy (non-hydrogen) atoms. The molecule has 1 aromatic heterocycles. The molecule has 1 aliphatic rings. The molecule has 1 aliphatic heterocycles. The van der Waals surface area contributed by atoms with Crippen molar-refractivity contribution in [3.05, 3.63) is 40.2 Å². The van der Waals surface area contributed by atoms with E-state index in [4.69, 9.17) is 9.52 Å². The highest BCUT2D eigenvalue weighted by Gasteiger charge is 2.27. The van der Waals surface area contributed by atoms with Crippen LogP contribution in [0.1, 0.15) is 10.6 Å². The Hall–Kier alpha value is -2.41. The van der Waals surface area contributed by atoms with Crippen molar-refractivity contribution in [3.63, 3.8) is 0 Å². The third kappa shape index (κ3) is 2.43. The van der Waals surface area contributed by atoms with Gasteiger partial charge in [-0.15, -0.1) is 0 Å². The Morgan fingerprint density at radius 3 is 2.86 bits per heavy atom. The van der Waals surface area contributed by atoms with Crippen molar-refractivity contribution in [2.75, 3.05) is 31.6 Å². The number of aromatic carboxylic acids is 1. The summed E-state index contributed by atoms with van der Waals surface area (Å²) in [5.74, 6) is -1.78. The van der Waals surface area contributed by atoms with Crippen LogP contribution in [0.2, 0.25) is 0 Å². The lowest BCUT2D eigenvalue weighted by Gasteiger charge is -2.37. The van der Waals surface area contributed by atoms with Gasteiger partial charge in [0.05, 0.1) is 11.1 Å². The Balaban J connectivity index is 2.17. The molecule has 1 unspecified atom stereocenters. The second-order valence-electron chi connectivity index (χ2n) is 5.32. The van der Waals surface area contributed by atoms with Crippen molar-refractivity contribution in [1.29, 1.82) is 0 Å². The molecule has 6 nitrogen and oxygen atoms in total. The van der Waals surface area contributed by atoms with Crippen LogP contribution in [-0.2, 0) is 0 Å². The minimum atomic E-state index is -1.33. The number of hydrogen-bond acceptors (Lipinski definition) is 5. The number of carboxylic acid groups (broad SMARTS) is 1. The number of hydrogen-bond donors (Lipinski definition) is 1. The van der Waals surface area contributed by atoms with Gasteiger partial charge in [0.25, 0.3) is 0 Å². The fourth-order valence-corrected chi connectivity index (χ4v) is 2.63. The van der Waals surface area contributed by atoms with Crippen molar-refractivity contribution in [2.24, 2.45) is 0 Å². The summed E-state index contributed by atoms with van der Waals surface area (Å²) in [7, 11) is 1.83. The molecule has 7 heteroatoms. The number of likely N-dealkylation sites (N-methyl/N-ethyl adjacent to an activating group) is 1. The van der Waals surface area contributed by atoms with Gasteiger partial charge in [-0.3, -0.25) is 9.69 Å². The molecular formula is C15H15FN2O4. The van der Waals surface area contributed by atoms with Gasteiger partial charge in [-0.1, -0.05) is 6.07 Å². The largest absolute Gasteiger partial charge is 0.475 e. The lowest BCUT2D eigenvalue weighted by Crippen LogP contribution is -2.50. The van der Waals surface area contributed by atoms with E-state index in [1.807, 2.05) is 11.9 Å². The molecule has 0 aliphatic carbocycles. The molecule has 1 N–H and O–H groups in total. The molecule has 0 bridgehead atoms. The van der Waals surface area contributed by atoms with Crippen LogP contribution < -0.4 is 10.3 Å². The highest BCUT2D eigenvalue weighted by Crippen LogP contribution is 2.29. The summed E-state index contributed by atoms with van der Waals surface area (Å²) in [6, 6.07) is 5.75. The van der Waals surface area contributed by atoms with Crippen molar-refractivity contribution in [3.8, 4) is 0 Å². The fourth-order valence-electron chi connectivity index (χ4n) is 2.63. The second-order valence-corrected chi connectivity index (χ2v) is 5.32. The quantitative estimate of drug-likeness (QED) is 0.848. The van der Waals surface area contributed by atoms with Crippen LogP contribution in [0.15, 0.2) is 33.5 Å². The predicted molar refractivity (Wildman–Crippen MR) is 79.2 cm³/mol. The van der Waals surface area contributed by atoms with Gasteiger partial charge < -0.3 is 14.4 Å². The molecule has 3 rings (SSSR count). The van der Waals surface area contributed by atoms with E-state index >= 15 is 0 Å². The number of fused-ring (bicyclic) bond motifs is 1. The highest BCUT2D eigenvalue weighted by molar-refractivity contribution is 5.92. The second kappa shape index (κ2) is 5.42. The average Bonchev–Trinajstić information content (AvgIpc) is 2.47. The van der Waals surface area contributed by atoms with Crippen molar-refractivity contribution < 1.29 is 18.7 Å². The number of rotatable bonds is 2. The lowest BCUT2D eigenvalue weighted by atomic mass is 10.1. The highest BCUT2D eigenvalue weighted by atomic mass is 19.1. The summed E-state index contributed by atoms with van der Waals surface area (Å²) in [6.45, 7) is 1.33. The average molecular weight is 306 g/mol. The van der Waals surface area contributed by atoms with Gasteiger partial charge in [0.15, 0.2) is 17.3 Å². The van der Waals surface area contributed by atoms with Crippen LogP contribution in [0, 0.1) is 0 Å². The number of carbonyl (C=O) groups is 1. The van der Waals surface area contributed by atoms with Gasteiger partial charge in [0, 0.05) is 25.7 Å². The molecule has 2 aromatic rings. The normalized spacial score (nSPS) is 19.5. The third-order valence-corrected chi connectivity index (χ3v) is 3.78. The zero-order valence-electron chi connectivity index (χ0n) is 12.0. The maximum atomic E-state index is 14.3. The van der Waals surface area contributed by atoms with E-state index in [1.54, 1.807) is 18.2 Å². The molecule has 1 fully saturated rings. The number of halogens is 1. The molecule has 0 amide bonds. The molecule has 116 valence electrons. The first-order valence-electron chi connectivity index (χ1n) is 6.87. The first-order chi connectivity index (χ1) is 10.5. The van der Waals surface area contributed by atoms with Gasteiger partial charge in [-0.05, 0) is 19.2 Å². The monoisotopic (exact) mass is 306 g/mol. The SMILES string of the molecule is CN1CCN(c2cccc3c(=O)cc(C(=O)O)oc23)C(F)C1. The topological polar surface area (TPSA) is 74.0 Å². The van der Waals surface area contributed by atoms with Gasteiger partial charge >= 0.3 is 5.97 Å². The fraction of sp³-hybridized carbons (Fsp3) is 0.333. The predicted octanol–water partition coefficient (Wildman–Crippen LogP) is 1.54. The Morgan fingerprint density at radius 1 is 1.41 bits per heavy atom. The van der Waals surface area contributed by atoms with E-state index in [0.29, 0.717) is 18.8 Å². The van der Waals surface area contributed by atoms with Crippen LogP contribution in [0.25, 0.3) is 11.0 Å². The number of benzene rings is 1. The maximum Gasteiger partial charge on any atom is 0.371 e. The number of para-hydroxylation sites is 1. The summed E-state index contributed by atoms with van der Waals surface area (Å²) in [6.07, 6.45) is -1.25. The first kappa shape index (κ1) is 14.5. The molecule has 1 atom stereocenters. The van der Waals surface area contributed by atoms with Crippen LogP contribution >= 0.6 is 0 Å². The Labute approximate surface area is 125 Å². The molecule has 0 radical (unpaired) electrons. The number of alkyl halides is 1. The number of carboxylic acids is 1. The molecular weight excluding hydrogens is 291 g/mol. The summed E-state index contributed by atoms with van der Waals surface area (Å²) in [5, 5.41) is 9.27. The summed E-state index contributed by atoms with van der Waals surface area (Å²) in [5.41, 5.74) is 0.0583. The summed E-state index contributed by atoms with van der Waals surface area (Å²) in [4.78, 5) is 26.5. The lowest BCUT2D eigenvalue weighted by molar-refractivity contribution is 0.0663. The van der Waals surface area contributed by atoms with E-state index < -0.39 is 23.5 Å². The Bertz CT molecular complexity index is 789. The summed E-state index contributed by atoms with van der Waals surface area (Å²) >= 11 is 0. The minimum absolute atomic E-state index is 0.111. The Morgan fingerprint density at radius 2 is 2.18 bits per heavy atom. The molecule has 0 saturated carbocycles. The molecule has 2 heterocycles. The van der Waals surface area contributed by atoms with Crippen molar-refractivity contribution >= 4 is 22.6 Å². The zero-order chi connectivity index (χ0) is 15.9. The van der Waals surface area contributed by atoms with Crippen molar-refractivity contribution in [1.82, 2.24) is 4.90 Å². The third-order valence-electron chi connectivity index (χ3n) is 3.78. The smallest absolute Gasteiger partial charge is 0.371 e. The number of piperazine rings is 1. The van der Waals surface area contributed by atoms with E-state index in [1.165, 1.54) is 4.90 Å². The van der Waals surface area contributed by atoms with Gasteiger partial charge in [-0.2, -0.15) is 0 Å².